The average Bonchev–Trinajstić information content (AvgIpc) is 3.04. The number of nitrogens with zero attached hydrogens (tertiary/aromatic N) is 4. The van der Waals surface area contributed by atoms with Crippen LogP contribution in [0.4, 0.5) is 22.9 Å². The van der Waals surface area contributed by atoms with E-state index in [1.165, 1.54) is 5.56 Å². The quantitative estimate of drug-likeness (QED) is 0.521. The fourth-order valence-electron chi connectivity index (χ4n) is 3.21. The number of aliphatic imine (C=N–C) groups is 1. The van der Waals surface area contributed by atoms with Crippen LogP contribution < -0.4 is 27.8 Å². The summed E-state index contributed by atoms with van der Waals surface area (Å²) in [5.41, 5.74) is 28.3. The lowest BCUT2D eigenvalue weighted by atomic mass is 10.1. The Bertz CT molecular complexity index is 989. The van der Waals surface area contributed by atoms with E-state index in [4.69, 9.17) is 22.9 Å². The molecule has 0 amide bonds. The maximum atomic E-state index is 6.43. The highest BCUT2D eigenvalue weighted by molar-refractivity contribution is 5.99. The van der Waals surface area contributed by atoms with Crippen molar-refractivity contribution < 1.29 is 0 Å². The summed E-state index contributed by atoms with van der Waals surface area (Å²) >= 11 is 0. The van der Waals surface area contributed by atoms with Gasteiger partial charge in [-0.3, -0.25) is 4.90 Å². The number of fused-ring (bicyclic) bond motifs is 1. The van der Waals surface area contributed by atoms with Crippen molar-refractivity contribution in [2.75, 3.05) is 16.4 Å². The highest BCUT2D eigenvalue weighted by Crippen LogP contribution is 2.34. The monoisotopic (exact) mass is 362 g/mol. The molecule has 2 heterocycles. The minimum atomic E-state index is -0.530. The Labute approximate surface area is 157 Å². The van der Waals surface area contributed by atoms with E-state index in [1.54, 1.807) is 11.2 Å². The fourth-order valence-corrected chi connectivity index (χ4v) is 3.21. The fraction of sp³-hybridized carbons (Fsp3) is 0.158. The zero-order chi connectivity index (χ0) is 19.0. The number of aromatic nitrogens is 2. The van der Waals surface area contributed by atoms with Crippen molar-refractivity contribution in [3.8, 4) is 0 Å². The largest absolute Gasteiger partial charge is 0.399 e. The van der Waals surface area contributed by atoms with E-state index in [0.29, 0.717) is 29.7 Å². The molecule has 0 aliphatic carbocycles. The van der Waals surface area contributed by atoms with Gasteiger partial charge in [-0.25, -0.2) is 4.98 Å². The molecule has 8 heteroatoms. The lowest BCUT2D eigenvalue weighted by Crippen LogP contribution is -2.46. The van der Waals surface area contributed by atoms with Gasteiger partial charge in [-0.2, -0.15) is 4.99 Å². The molecule has 0 saturated carbocycles. The average molecular weight is 362 g/mol. The second kappa shape index (κ2) is 6.65. The molecule has 0 fully saturated rings. The second-order valence-electron chi connectivity index (χ2n) is 6.52. The molecule has 0 saturated heterocycles. The van der Waals surface area contributed by atoms with Gasteiger partial charge in [0.1, 0.15) is 11.9 Å². The van der Waals surface area contributed by atoms with E-state index in [2.05, 4.69) is 9.98 Å². The number of nitrogens with two attached hydrogens (primary N) is 4. The van der Waals surface area contributed by atoms with Gasteiger partial charge in [0, 0.05) is 23.6 Å². The van der Waals surface area contributed by atoms with Gasteiger partial charge in [-0.1, -0.05) is 18.2 Å². The minimum absolute atomic E-state index is 0.315. The predicted molar refractivity (Wildman–Crippen MR) is 108 cm³/mol. The molecule has 27 heavy (non-hydrogen) atoms. The van der Waals surface area contributed by atoms with Crippen LogP contribution in [0, 0.1) is 0 Å². The number of hydrogen-bond donors (Lipinski definition) is 4. The summed E-state index contributed by atoms with van der Waals surface area (Å²) in [6.45, 7) is 0.716. The SMILES string of the molecule is NC1=Nc2c(ncn2CCc2ccc(N)cc2)C(N)N1c1cccc(N)c1. The summed E-state index contributed by atoms with van der Waals surface area (Å²) < 4.78 is 1.97. The van der Waals surface area contributed by atoms with Crippen molar-refractivity contribution in [1.29, 1.82) is 0 Å². The molecular weight excluding hydrogens is 340 g/mol. The van der Waals surface area contributed by atoms with Crippen LogP contribution in [0.15, 0.2) is 59.9 Å². The van der Waals surface area contributed by atoms with Crippen molar-refractivity contribution in [2.24, 2.45) is 16.5 Å². The zero-order valence-corrected chi connectivity index (χ0v) is 14.8. The number of guanidine groups is 1. The maximum absolute atomic E-state index is 6.43. The third kappa shape index (κ3) is 3.18. The highest BCUT2D eigenvalue weighted by atomic mass is 15.4. The van der Waals surface area contributed by atoms with E-state index in [9.17, 15) is 0 Å². The minimum Gasteiger partial charge on any atom is -0.399 e. The van der Waals surface area contributed by atoms with Crippen LogP contribution in [-0.2, 0) is 13.0 Å². The number of nitrogen functional groups attached to an aromatic ring is 2. The predicted octanol–water partition coefficient (Wildman–Crippen LogP) is 1.71. The Morgan fingerprint density at radius 3 is 2.48 bits per heavy atom. The van der Waals surface area contributed by atoms with E-state index in [1.807, 2.05) is 53.1 Å². The molecule has 1 atom stereocenters. The van der Waals surface area contributed by atoms with Gasteiger partial charge < -0.3 is 27.5 Å². The lowest BCUT2D eigenvalue weighted by Gasteiger charge is -2.32. The summed E-state index contributed by atoms with van der Waals surface area (Å²) in [5.74, 6) is 1.01. The van der Waals surface area contributed by atoms with Gasteiger partial charge >= 0.3 is 0 Å². The van der Waals surface area contributed by atoms with E-state index in [-0.39, 0.29) is 0 Å². The molecule has 3 aromatic rings. The van der Waals surface area contributed by atoms with Gasteiger partial charge in [-0.05, 0) is 42.3 Å². The van der Waals surface area contributed by atoms with Crippen LogP contribution in [0.5, 0.6) is 0 Å². The smallest absolute Gasteiger partial charge is 0.204 e. The molecule has 1 aliphatic heterocycles. The summed E-state index contributed by atoms with van der Waals surface area (Å²) in [6, 6.07) is 15.2. The molecule has 4 rings (SSSR count). The molecule has 1 unspecified atom stereocenters. The number of aryl methyl sites for hydroxylation is 2. The van der Waals surface area contributed by atoms with Crippen LogP contribution in [0.25, 0.3) is 0 Å². The van der Waals surface area contributed by atoms with Crippen molar-refractivity contribution in [1.82, 2.24) is 9.55 Å². The molecule has 0 spiro atoms. The van der Waals surface area contributed by atoms with Crippen molar-refractivity contribution in [2.45, 2.75) is 19.1 Å². The van der Waals surface area contributed by atoms with Gasteiger partial charge in [0.25, 0.3) is 0 Å². The first kappa shape index (κ1) is 16.9. The second-order valence-corrected chi connectivity index (χ2v) is 6.52. The molecule has 1 aliphatic rings. The first-order chi connectivity index (χ1) is 13.0. The Morgan fingerprint density at radius 1 is 0.963 bits per heavy atom. The molecule has 2 aromatic carbocycles. The lowest BCUT2D eigenvalue weighted by molar-refractivity contribution is 0.682. The molecular formula is C19H22N8. The number of rotatable bonds is 4. The number of benzene rings is 2. The standard InChI is InChI=1S/C19H22N8/c20-13-6-4-12(5-7-13)8-9-26-11-24-16-17(22)27(19(23)25-18(16)26)15-3-1-2-14(21)10-15/h1-7,10-11,17H,8-9,20-22H2,(H2,23,25). The summed E-state index contributed by atoms with van der Waals surface area (Å²) in [4.78, 5) is 10.8. The topological polar surface area (TPSA) is 138 Å². The number of imidazole rings is 1. The Hall–Kier alpha value is -3.52. The molecule has 8 nitrogen and oxygen atoms in total. The molecule has 0 bridgehead atoms. The molecule has 138 valence electrons. The van der Waals surface area contributed by atoms with Gasteiger partial charge in [0.15, 0.2) is 5.82 Å². The van der Waals surface area contributed by atoms with Crippen molar-refractivity contribution >= 4 is 28.8 Å². The normalized spacial score (nSPS) is 16.1. The Morgan fingerprint density at radius 2 is 1.74 bits per heavy atom. The first-order valence-corrected chi connectivity index (χ1v) is 8.67. The number of anilines is 3. The molecule has 0 radical (unpaired) electrons. The van der Waals surface area contributed by atoms with Gasteiger partial charge in [-0.15, -0.1) is 0 Å². The highest BCUT2D eigenvalue weighted by Gasteiger charge is 2.30. The van der Waals surface area contributed by atoms with E-state index in [0.717, 1.165) is 17.8 Å². The zero-order valence-electron chi connectivity index (χ0n) is 14.8. The van der Waals surface area contributed by atoms with Crippen LogP contribution >= 0.6 is 0 Å². The van der Waals surface area contributed by atoms with Crippen LogP contribution in [0.3, 0.4) is 0 Å². The van der Waals surface area contributed by atoms with E-state index < -0.39 is 6.17 Å². The molecule has 8 N–H and O–H groups in total. The third-order valence-electron chi connectivity index (χ3n) is 4.63. The third-order valence-corrected chi connectivity index (χ3v) is 4.63. The summed E-state index contributed by atoms with van der Waals surface area (Å²) in [6.07, 6.45) is 2.05. The Balaban J connectivity index is 1.59. The first-order valence-electron chi connectivity index (χ1n) is 8.67. The van der Waals surface area contributed by atoms with Crippen LogP contribution in [0.1, 0.15) is 17.4 Å². The summed E-state index contributed by atoms with van der Waals surface area (Å²) in [7, 11) is 0. The van der Waals surface area contributed by atoms with E-state index >= 15 is 0 Å². The van der Waals surface area contributed by atoms with Crippen LogP contribution in [0.2, 0.25) is 0 Å². The van der Waals surface area contributed by atoms with Gasteiger partial charge in [0.2, 0.25) is 5.96 Å². The van der Waals surface area contributed by atoms with Crippen molar-refractivity contribution in [3.05, 3.63) is 66.1 Å². The van der Waals surface area contributed by atoms with Crippen molar-refractivity contribution in [3.63, 3.8) is 0 Å². The number of hydrogen-bond acceptors (Lipinski definition) is 7. The maximum Gasteiger partial charge on any atom is 0.204 e. The molecule has 1 aromatic heterocycles. The Kier molecular flexibility index (Phi) is 4.17. The van der Waals surface area contributed by atoms with Gasteiger partial charge in [0.05, 0.1) is 6.33 Å². The summed E-state index contributed by atoms with van der Waals surface area (Å²) in [5, 5.41) is 0. The van der Waals surface area contributed by atoms with Crippen LogP contribution in [-0.4, -0.2) is 15.5 Å².